The fourth-order valence-electron chi connectivity index (χ4n) is 1.78. The van der Waals surface area contributed by atoms with Gasteiger partial charge in [-0.3, -0.25) is 4.79 Å². The first-order chi connectivity index (χ1) is 9.61. The van der Waals surface area contributed by atoms with Gasteiger partial charge < -0.3 is 5.32 Å². The standard InChI is InChI=1S/C14H16ClN3OS/c1-9(2)12-13(20-18-17-12)14(19)16-11-5-3-10(4-6-11)7-8-15/h3-6,9H,7-8H2,1-2H3,(H,16,19). The Morgan fingerprint density at radius 1 is 1.35 bits per heavy atom. The minimum absolute atomic E-state index is 0.159. The van der Waals surface area contributed by atoms with Gasteiger partial charge in [0.25, 0.3) is 5.91 Å². The molecule has 0 aliphatic heterocycles. The summed E-state index contributed by atoms with van der Waals surface area (Å²) in [4.78, 5) is 12.8. The zero-order valence-electron chi connectivity index (χ0n) is 11.4. The second-order valence-electron chi connectivity index (χ2n) is 4.73. The van der Waals surface area contributed by atoms with Crippen LogP contribution in [0.2, 0.25) is 0 Å². The van der Waals surface area contributed by atoms with Gasteiger partial charge in [0.2, 0.25) is 0 Å². The highest BCUT2D eigenvalue weighted by Gasteiger charge is 2.18. The van der Waals surface area contributed by atoms with E-state index < -0.39 is 0 Å². The molecule has 2 aromatic rings. The van der Waals surface area contributed by atoms with Crippen LogP contribution in [0.15, 0.2) is 24.3 Å². The summed E-state index contributed by atoms with van der Waals surface area (Å²) in [5.74, 6) is 0.616. The highest BCUT2D eigenvalue weighted by atomic mass is 35.5. The molecular weight excluding hydrogens is 294 g/mol. The Labute approximate surface area is 127 Å². The number of halogens is 1. The van der Waals surface area contributed by atoms with Crippen LogP contribution in [0.1, 0.15) is 40.7 Å². The van der Waals surface area contributed by atoms with Crippen molar-refractivity contribution in [3.05, 3.63) is 40.4 Å². The van der Waals surface area contributed by atoms with Crippen molar-refractivity contribution in [1.82, 2.24) is 9.59 Å². The van der Waals surface area contributed by atoms with Crippen molar-refractivity contribution in [3.63, 3.8) is 0 Å². The fourth-order valence-corrected chi connectivity index (χ4v) is 2.72. The third kappa shape index (κ3) is 3.55. The second-order valence-corrected chi connectivity index (χ2v) is 5.86. The van der Waals surface area contributed by atoms with Crippen molar-refractivity contribution in [2.24, 2.45) is 0 Å². The number of hydrogen-bond acceptors (Lipinski definition) is 4. The van der Waals surface area contributed by atoms with Gasteiger partial charge in [0.1, 0.15) is 4.88 Å². The summed E-state index contributed by atoms with van der Waals surface area (Å²) >= 11 is 6.82. The maximum absolute atomic E-state index is 12.2. The monoisotopic (exact) mass is 309 g/mol. The molecule has 1 aromatic heterocycles. The third-order valence-electron chi connectivity index (χ3n) is 2.86. The normalized spacial score (nSPS) is 10.8. The number of anilines is 1. The fraction of sp³-hybridized carbons (Fsp3) is 0.357. The van der Waals surface area contributed by atoms with Crippen molar-refractivity contribution >= 4 is 34.7 Å². The van der Waals surface area contributed by atoms with Crippen molar-refractivity contribution in [2.75, 3.05) is 11.2 Å². The number of benzene rings is 1. The predicted molar refractivity (Wildman–Crippen MR) is 82.8 cm³/mol. The minimum Gasteiger partial charge on any atom is -0.321 e. The number of nitrogens with zero attached hydrogens (tertiary/aromatic N) is 2. The Hall–Kier alpha value is -1.46. The third-order valence-corrected chi connectivity index (χ3v) is 3.79. The van der Waals surface area contributed by atoms with Crippen LogP contribution in [0.25, 0.3) is 0 Å². The smallest absolute Gasteiger partial charge is 0.269 e. The van der Waals surface area contributed by atoms with E-state index in [4.69, 9.17) is 11.6 Å². The van der Waals surface area contributed by atoms with Crippen LogP contribution in [0.3, 0.4) is 0 Å². The quantitative estimate of drug-likeness (QED) is 0.857. The Bertz CT molecular complexity index is 580. The second kappa shape index (κ2) is 6.81. The van der Waals surface area contributed by atoms with Crippen LogP contribution >= 0.6 is 23.1 Å². The summed E-state index contributed by atoms with van der Waals surface area (Å²) in [6.45, 7) is 3.99. The summed E-state index contributed by atoms with van der Waals surface area (Å²) in [6.07, 6.45) is 0.825. The first-order valence-electron chi connectivity index (χ1n) is 6.40. The Morgan fingerprint density at radius 3 is 2.65 bits per heavy atom. The summed E-state index contributed by atoms with van der Waals surface area (Å²) in [6, 6.07) is 7.69. The van der Waals surface area contributed by atoms with Gasteiger partial charge in [0, 0.05) is 11.6 Å². The number of nitrogens with one attached hydrogen (secondary N) is 1. The molecule has 0 unspecified atom stereocenters. The van der Waals surface area contributed by atoms with Gasteiger partial charge in [0.05, 0.1) is 5.69 Å². The molecule has 1 heterocycles. The molecule has 1 N–H and O–H groups in total. The first-order valence-corrected chi connectivity index (χ1v) is 7.71. The van der Waals surface area contributed by atoms with Crippen molar-refractivity contribution < 1.29 is 4.79 Å². The minimum atomic E-state index is -0.159. The van der Waals surface area contributed by atoms with Gasteiger partial charge in [-0.15, -0.1) is 16.7 Å². The van der Waals surface area contributed by atoms with E-state index in [2.05, 4.69) is 14.9 Å². The number of alkyl halides is 1. The lowest BCUT2D eigenvalue weighted by molar-refractivity contribution is 0.102. The lowest BCUT2D eigenvalue weighted by Gasteiger charge is -2.07. The highest BCUT2D eigenvalue weighted by Crippen LogP contribution is 2.21. The van der Waals surface area contributed by atoms with Gasteiger partial charge in [-0.1, -0.05) is 30.5 Å². The molecule has 0 saturated carbocycles. The van der Waals surface area contributed by atoms with Gasteiger partial charge in [-0.2, -0.15) is 0 Å². The number of aryl methyl sites for hydroxylation is 1. The molecule has 6 heteroatoms. The van der Waals surface area contributed by atoms with E-state index in [0.29, 0.717) is 10.8 Å². The van der Waals surface area contributed by atoms with E-state index in [0.717, 1.165) is 34.9 Å². The molecule has 0 spiro atoms. The zero-order valence-corrected chi connectivity index (χ0v) is 13.0. The summed E-state index contributed by atoms with van der Waals surface area (Å²) < 4.78 is 3.86. The molecule has 4 nitrogen and oxygen atoms in total. The Kier molecular flexibility index (Phi) is 5.09. The van der Waals surface area contributed by atoms with Crippen LogP contribution in [0.4, 0.5) is 5.69 Å². The van der Waals surface area contributed by atoms with E-state index in [1.54, 1.807) is 0 Å². The number of carbonyl (C=O) groups is 1. The molecule has 1 amide bonds. The maximum atomic E-state index is 12.2. The molecule has 20 heavy (non-hydrogen) atoms. The van der Waals surface area contributed by atoms with Crippen LogP contribution < -0.4 is 5.32 Å². The number of hydrogen-bond donors (Lipinski definition) is 1. The molecular formula is C14H16ClN3OS. The van der Waals surface area contributed by atoms with Crippen molar-refractivity contribution in [2.45, 2.75) is 26.2 Å². The molecule has 0 bridgehead atoms. The predicted octanol–water partition coefficient (Wildman–Crippen LogP) is 3.70. The molecule has 106 valence electrons. The highest BCUT2D eigenvalue weighted by molar-refractivity contribution is 7.08. The Balaban J connectivity index is 2.09. The molecule has 0 atom stereocenters. The van der Waals surface area contributed by atoms with Gasteiger partial charge >= 0.3 is 0 Å². The number of aromatic nitrogens is 2. The van der Waals surface area contributed by atoms with E-state index in [1.165, 1.54) is 0 Å². The lowest BCUT2D eigenvalue weighted by Crippen LogP contribution is -2.13. The zero-order chi connectivity index (χ0) is 14.5. The van der Waals surface area contributed by atoms with Crippen LogP contribution in [-0.2, 0) is 6.42 Å². The van der Waals surface area contributed by atoms with Crippen LogP contribution in [0, 0.1) is 0 Å². The van der Waals surface area contributed by atoms with Gasteiger partial charge in [-0.05, 0) is 41.6 Å². The van der Waals surface area contributed by atoms with E-state index in [1.807, 2.05) is 38.1 Å². The summed E-state index contributed by atoms with van der Waals surface area (Å²) in [5.41, 5.74) is 2.66. The average Bonchev–Trinajstić information content (AvgIpc) is 2.91. The molecule has 0 aliphatic rings. The maximum Gasteiger partial charge on any atom is 0.269 e. The van der Waals surface area contributed by atoms with E-state index in [-0.39, 0.29) is 11.8 Å². The van der Waals surface area contributed by atoms with Crippen molar-refractivity contribution in [1.29, 1.82) is 0 Å². The molecule has 0 radical (unpaired) electrons. The molecule has 1 aromatic carbocycles. The van der Waals surface area contributed by atoms with Crippen molar-refractivity contribution in [3.8, 4) is 0 Å². The number of amides is 1. The molecule has 2 rings (SSSR count). The molecule has 0 fully saturated rings. The Morgan fingerprint density at radius 2 is 2.05 bits per heavy atom. The summed E-state index contributed by atoms with van der Waals surface area (Å²) in [7, 11) is 0. The molecule has 0 aliphatic carbocycles. The van der Waals surface area contributed by atoms with E-state index in [9.17, 15) is 4.79 Å². The number of carbonyl (C=O) groups excluding carboxylic acids is 1. The first kappa shape index (κ1) is 14.9. The molecule has 0 saturated heterocycles. The SMILES string of the molecule is CC(C)c1nnsc1C(=O)Nc1ccc(CCCl)cc1. The largest absolute Gasteiger partial charge is 0.321 e. The lowest BCUT2D eigenvalue weighted by atomic mass is 10.1. The summed E-state index contributed by atoms with van der Waals surface area (Å²) in [5, 5.41) is 6.88. The van der Waals surface area contributed by atoms with Crippen LogP contribution in [0.5, 0.6) is 0 Å². The van der Waals surface area contributed by atoms with Gasteiger partial charge in [0.15, 0.2) is 0 Å². The van der Waals surface area contributed by atoms with Crippen LogP contribution in [-0.4, -0.2) is 21.4 Å². The topological polar surface area (TPSA) is 54.9 Å². The number of rotatable bonds is 5. The van der Waals surface area contributed by atoms with Gasteiger partial charge in [-0.25, -0.2) is 0 Å². The van der Waals surface area contributed by atoms with E-state index >= 15 is 0 Å². The average molecular weight is 310 g/mol.